The maximum atomic E-state index is 12.7. The summed E-state index contributed by atoms with van der Waals surface area (Å²) in [6.07, 6.45) is -0.854. The van der Waals surface area contributed by atoms with Gasteiger partial charge < -0.3 is 9.47 Å². The summed E-state index contributed by atoms with van der Waals surface area (Å²) in [5, 5.41) is 11.2. The van der Waals surface area contributed by atoms with Crippen molar-refractivity contribution in [1.82, 2.24) is 0 Å². The van der Waals surface area contributed by atoms with Crippen molar-refractivity contribution in [3.05, 3.63) is 62.7 Å². The highest BCUT2D eigenvalue weighted by molar-refractivity contribution is 6.01. The van der Waals surface area contributed by atoms with Crippen LogP contribution in [0.1, 0.15) is 34.0 Å². The molecule has 0 amide bonds. The van der Waals surface area contributed by atoms with Crippen LogP contribution in [0.15, 0.2) is 30.3 Å². The van der Waals surface area contributed by atoms with Gasteiger partial charge in [-0.25, -0.2) is 0 Å². The van der Waals surface area contributed by atoms with Crippen molar-refractivity contribution in [1.29, 1.82) is 0 Å². The number of nitro benzene ring substituents is 1. The number of nitrogens with zero attached hydrogens (tertiary/aromatic N) is 1. The Morgan fingerprint density at radius 1 is 1.08 bits per heavy atom. The van der Waals surface area contributed by atoms with Crippen LogP contribution in [0.2, 0.25) is 0 Å². The molecule has 0 N–H and O–H groups in total. The van der Waals surface area contributed by atoms with E-state index in [1.54, 1.807) is 13.0 Å². The molecule has 0 bridgehead atoms. The maximum absolute atomic E-state index is 12.7. The highest BCUT2D eigenvalue weighted by atomic mass is 16.6. The molecule has 2 aromatic rings. The summed E-state index contributed by atoms with van der Waals surface area (Å²) < 4.78 is 10.6. The predicted molar refractivity (Wildman–Crippen MR) is 94.7 cm³/mol. The summed E-state index contributed by atoms with van der Waals surface area (Å²) in [7, 11) is 1.42. The Morgan fingerprint density at radius 3 is 2.32 bits per heavy atom. The van der Waals surface area contributed by atoms with Crippen molar-refractivity contribution in [3.63, 3.8) is 0 Å². The summed E-state index contributed by atoms with van der Waals surface area (Å²) >= 11 is 0. The summed E-state index contributed by atoms with van der Waals surface area (Å²) in [4.78, 5) is 23.4. The molecule has 6 nitrogen and oxygen atoms in total. The van der Waals surface area contributed by atoms with Gasteiger partial charge in [0, 0.05) is 5.56 Å². The van der Waals surface area contributed by atoms with Gasteiger partial charge in [0.25, 0.3) is 0 Å². The third-order valence-electron chi connectivity index (χ3n) is 4.14. The highest BCUT2D eigenvalue weighted by Gasteiger charge is 2.24. The third kappa shape index (κ3) is 3.96. The molecule has 0 unspecified atom stereocenters. The van der Waals surface area contributed by atoms with Crippen LogP contribution in [0.25, 0.3) is 0 Å². The molecule has 0 aliphatic heterocycles. The molecule has 0 aliphatic carbocycles. The Labute approximate surface area is 146 Å². The van der Waals surface area contributed by atoms with Gasteiger partial charge in [0.15, 0.2) is 11.9 Å². The van der Waals surface area contributed by atoms with Gasteiger partial charge in [0.1, 0.15) is 5.75 Å². The molecule has 0 spiro atoms. The number of carbonyl (C=O) groups is 1. The van der Waals surface area contributed by atoms with E-state index in [2.05, 4.69) is 0 Å². The Kier molecular flexibility index (Phi) is 5.41. The number of Topliss-reactive ketones (excluding diaryl/α,β-unsaturated/α-hetero) is 1. The average molecular weight is 343 g/mol. The van der Waals surface area contributed by atoms with Crippen molar-refractivity contribution in [2.75, 3.05) is 7.11 Å². The van der Waals surface area contributed by atoms with Crippen LogP contribution < -0.4 is 9.47 Å². The second kappa shape index (κ2) is 7.34. The topological polar surface area (TPSA) is 78.7 Å². The molecule has 2 aromatic carbocycles. The number of hydrogen-bond acceptors (Lipinski definition) is 5. The van der Waals surface area contributed by atoms with Crippen LogP contribution in [-0.2, 0) is 0 Å². The number of rotatable bonds is 6. The van der Waals surface area contributed by atoms with Gasteiger partial charge in [-0.05, 0) is 62.6 Å². The number of nitro groups is 1. The van der Waals surface area contributed by atoms with Crippen LogP contribution in [0.3, 0.4) is 0 Å². The zero-order valence-corrected chi connectivity index (χ0v) is 15.0. The van der Waals surface area contributed by atoms with Crippen molar-refractivity contribution < 1.29 is 19.2 Å². The second-order valence-corrected chi connectivity index (χ2v) is 5.97. The Bertz CT molecular complexity index is 829. The number of methoxy groups -OCH3 is 1. The summed E-state index contributed by atoms with van der Waals surface area (Å²) in [6.45, 7) is 7.37. The average Bonchev–Trinajstić information content (AvgIpc) is 2.57. The van der Waals surface area contributed by atoms with Crippen LogP contribution in [-0.4, -0.2) is 23.9 Å². The number of benzene rings is 2. The number of ketones is 1. The SMILES string of the molecule is COc1ccc(O[C@@H](C)C(=O)c2cc(C)c(C)cc2C)c([N+](=O)[O-])c1. The van der Waals surface area contributed by atoms with E-state index in [0.29, 0.717) is 11.3 Å². The lowest BCUT2D eigenvalue weighted by atomic mass is 9.96. The molecule has 1 atom stereocenters. The lowest BCUT2D eigenvalue weighted by Gasteiger charge is -2.16. The lowest BCUT2D eigenvalue weighted by Crippen LogP contribution is -2.25. The Hall–Kier alpha value is -2.89. The standard InChI is InChI=1S/C19H21NO5/c1-11-8-13(3)16(9-12(11)2)19(21)14(4)25-18-7-6-15(24-5)10-17(18)20(22)23/h6-10,14H,1-5H3/t14-/m0/s1. The van der Waals surface area contributed by atoms with E-state index in [4.69, 9.17) is 9.47 Å². The first-order valence-corrected chi connectivity index (χ1v) is 7.85. The molecule has 0 heterocycles. The quantitative estimate of drug-likeness (QED) is 0.447. The zero-order valence-electron chi connectivity index (χ0n) is 15.0. The molecule has 0 aliphatic rings. The van der Waals surface area contributed by atoms with Gasteiger partial charge in [-0.3, -0.25) is 14.9 Å². The molecule has 0 saturated heterocycles. The van der Waals surface area contributed by atoms with E-state index < -0.39 is 11.0 Å². The number of hydrogen-bond donors (Lipinski definition) is 0. The van der Waals surface area contributed by atoms with Gasteiger partial charge in [-0.15, -0.1) is 0 Å². The summed E-state index contributed by atoms with van der Waals surface area (Å²) in [5.41, 5.74) is 3.29. The van der Waals surface area contributed by atoms with Crippen molar-refractivity contribution in [2.45, 2.75) is 33.8 Å². The number of ether oxygens (including phenoxy) is 2. The van der Waals surface area contributed by atoms with Crippen LogP contribution in [0, 0.1) is 30.9 Å². The fourth-order valence-corrected chi connectivity index (χ4v) is 2.56. The summed E-state index contributed by atoms with van der Waals surface area (Å²) in [5.74, 6) is 0.168. The van der Waals surface area contributed by atoms with Gasteiger partial charge >= 0.3 is 5.69 Å². The predicted octanol–water partition coefficient (Wildman–Crippen LogP) is 4.18. The molecular formula is C19H21NO5. The van der Waals surface area contributed by atoms with Gasteiger partial charge in [-0.2, -0.15) is 0 Å². The largest absolute Gasteiger partial charge is 0.496 e. The molecule has 0 fully saturated rings. The third-order valence-corrected chi connectivity index (χ3v) is 4.14. The molecule has 0 radical (unpaired) electrons. The van der Waals surface area contributed by atoms with Crippen LogP contribution in [0.5, 0.6) is 11.5 Å². The first-order valence-electron chi connectivity index (χ1n) is 7.85. The minimum atomic E-state index is -0.854. The van der Waals surface area contributed by atoms with Crippen LogP contribution in [0.4, 0.5) is 5.69 Å². The minimum Gasteiger partial charge on any atom is -0.496 e. The van der Waals surface area contributed by atoms with E-state index in [-0.39, 0.29) is 17.2 Å². The minimum absolute atomic E-state index is 0.0353. The highest BCUT2D eigenvalue weighted by Crippen LogP contribution is 2.32. The summed E-state index contributed by atoms with van der Waals surface area (Å²) in [6, 6.07) is 8.04. The number of aryl methyl sites for hydroxylation is 3. The van der Waals surface area contributed by atoms with E-state index in [0.717, 1.165) is 16.7 Å². The monoisotopic (exact) mass is 343 g/mol. The molecule has 25 heavy (non-hydrogen) atoms. The Balaban J connectivity index is 2.31. The van der Waals surface area contributed by atoms with Gasteiger partial charge in [0.05, 0.1) is 18.1 Å². The normalized spacial score (nSPS) is 11.7. The molecule has 2 rings (SSSR count). The fraction of sp³-hybridized carbons (Fsp3) is 0.316. The molecule has 0 saturated carbocycles. The van der Waals surface area contributed by atoms with Crippen molar-refractivity contribution in [3.8, 4) is 11.5 Å². The van der Waals surface area contributed by atoms with Crippen molar-refractivity contribution in [2.24, 2.45) is 0 Å². The van der Waals surface area contributed by atoms with Crippen molar-refractivity contribution >= 4 is 11.5 Å². The second-order valence-electron chi connectivity index (χ2n) is 5.97. The van der Waals surface area contributed by atoms with Gasteiger partial charge in [-0.1, -0.05) is 6.07 Å². The molecule has 6 heteroatoms. The zero-order chi connectivity index (χ0) is 18.7. The van der Waals surface area contributed by atoms with Gasteiger partial charge in [0.2, 0.25) is 5.78 Å². The van der Waals surface area contributed by atoms with E-state index in [1.807, 2.05) is 32.9 Å². The first kappa shape index (κ1) is 18.4. The fourth-order valence-electron chi connectivity index (χ4n) is 2.56. The first-order chi connectivity index (χ1) is 11.7. The Morgan fingerprint density at radius 2 is 1.72 bits per heavy atom. The molecular weight excluding hydrogens is 322 g/mol. The van der Waals surface area contributed by atoms with E-state index in [1.165, 1.54) is 19.2 Å². The van der Waals surface area contributed by atoms with Crippen LogP contribution >= 0.6 is 0 Å². The maximum Gasteiger partial charge on any atom is 0.314 e. The lowest BCUT2D eigenvalue weighted by molar-refractivity contribution is -0.386. The number of carbonyl (C=O) groups excluding carboxylic acids is 1. The molecule has 132 valence electrons. The van der Waals surface area contributed by atoms with E-state index in [9.17, 15) is 14.9 Å². The molecule has 0 aromatic heterocycles. The van der Waals surface area contributed by atoms with E-state index >= 15 is 0 Å². The smallest absolute Gasteiger partial charge is 0.314 e.